The summed E-state index contributed by atoms with van der Waals surface area (Å²) in [6.07, 6.45) is 6.33. The quantitative estimate of drug-likeness (QED) is 0.510. The van der Waals surface area contributed by atoms with E-state index in [0.29, 0.717) is 35.4 Å². The summed E-state index contributed by atoms with van der Waals surface area (Å²) in [6, 6.07) is 7.91. The molecule has 2 amide bonds. The molecule has 2 aliphatic rings. The van der Waals surface area contributed by atoms with E-state index in [4.69, 9.17) is 16.3 Å². The Morgan fingerprint density at radius 1 is 0.879 bits per heavy atom. The van der Waals surface area contributed by atoms with Crippen molar-refractivity contribution in [3.8, 4) is 5.75 Å². The first-order valence-electron chi connectivity index (χ1n) is 11.2. The van der Waals surface area contributed by atoms with E-state index in [9.17, 15) is 18.4 Å². The predicted octanol–water partition coefficient (Wildman–Crippen LogP) is 6.39. The second kappa shape index (κ2) is 10.3. The van der Waals surface area contributed by atoms with Crippen molar-refractivity contribution in [2.75, 3.05) is 10.6 Å². The highest BCUT2D eigenvalue weighted by Gasteiger charge is 2.25. The Morgan fingerprint density at radius 3 is 2.12 bits per heavy atom. The van der Waals surface area contributed by atoms with Crippen LogP contribution in [0.25, 0.3) is 0 Å². The van der Waals surface area contributed by atoms with E-state index in [1.165, 1.54) is 30.3 Å². The Bertz CT molecular complexity index is 1080. The summed E-state index contributed by atoms with van der Waals surface area (Å²) in [5, 5.41) is 5.44. The highest BCUT2D eigenvalue weighted by molar-refractivity contribution is 6.32. The van der Waals surface area contributed by atoms with E-state index in [0.717, 1.165) is 44.6 Å². The molecule has 0 bridgehead atoms. The number of amides is 2. The topological polar surface area (TPSA) is 67.4 Å². The fourth-order valence-electron chi connectivity index (χ4n) is 4.24. The molecular formula is C25H25ClF2N2O3. The van der Waals surface area contributed by atoms with Crippen molar-refractivity contribution < 1.29 is 23.1 Å². The average Bonchev–Trinajstić information content (AvgIpc) is 3.31. The van der Waals surface area contributed by atoms with Crippen LogP contribution in [0.2, 0.25) is 5.02 Å². The lowest BCUT2D eigenvalue weighted by Crippen LogP contribution is -2.25. The zero-order valence-electron chi connectivity index (χ0n) is 18.1. The SMILES string of the molecule is O=C(Nc1ccc(F)cc1)C1=C(C(=O)Nc2cc(OC3CCCC3)c(Cl)cc2F)CCCC1. The third-order valence-corrected chi connectivity index (χ3v) is 6.28. The van der Waals surface area contributed by atoms with Crippen LogP contribution in [-0.2, 0) is 9.59 Å². The van der Waals surface area contributed by atoms with E-state index in [-0.39, 0.29) is 16.8 Å². The first kappa shape index (κ1) is 23.2. The summed E-state index contributed by atoms with van der Waals surface area (Å²) in [4.78, 5) is 25.9. The van der Waals surface area contributed by atoms with Crippen molar-refractivity contribution in [2.45, 2.75) is 57.5 Å². The first-order valence-corrected chi connectivity index (χ1v) is 11.5. The molecule has 2 aromatic rings. The maximum Gasteiger partial charge on any atom is 0.252 e. The Labute approximate surface area is 196 Å². The molecule has 0 aliphatic heterocycles. The molecule has 0 atom stereocenters. The Balaban J connectivity index is 1.53. The van der Waals surface area contributed by atoms with Gasteiger partial charge in [-0.2, -0.15) is 0 Å². The largest absolute Gasteiger partial charge is 0.489 e. The smallest absolute Gasteiger partial charge is 0.252 e. The van der Waals surface area contributed by atoms with Crippen molar-refractivity contribution in [1.29, 1.82) is 0 Å². The summed E-state index contributed by atoms with van der Waals surface area (Å²) in [5.41, 5.74) is 1.04. The van der Waals surface area contributed by atoms with Crippen LogP contribution in [0.4, 0.5) is 20.2 Å². The van der Waals surface area contributed by atoms with Crippen LogP contribution >= 0.6 is 11.6 Å². The van der Waals surface area contributed by atoms with Crippen molar-refractivity contribution in [3.63, 3.8) is 0 Å². The van der Waals surface area contributed by atoms with Gasteiger partial charge in [-0.1, -0.05) is 11.6 Å². The summed E-state index contributed by atoms with van der Waals surface area (Å²) >= 11 is 6.15. The van der Waals surface area contributed by atoms with Gasteiger partial charge in [0.25, 0.3) is 11.8 Å². The number of benzene rings is 2. The van der Waals surface area contributed by atoms with Crippen molar-refractivity contribution in [3.05, 3.63) is 64.2 Å². The monoisotopic (exact) mass is 474 g/mol. The summed E-state index contributed by atoms with van der Waals surface area (Å²) < 4.78 is 33.6. The third-order valence-electron chi connectivity index (χ3n) is 5.98. The molecule has 0 unspecified atom stereocenters. The molecule has 2 aliphatic carbocycles. The molecule has 2 aromatic carbocycles. The second-order valence-electron chi connectivity index (χ2n) is 8.37. The highest BCUT2D eigenvalue weighted by Crippen LogP contribution is 2.35. The molecule has 0 radical (unpaired) electrons. The minimum Gasteiger partial charge on any atom is -0.489 e. The standard InChI is InChI=1S/C25H25ClF2N2O3/c26-20-13-21(28)22(14-23(20)33-17-5-1-2-6-17)30-25(32)19-8-4-3-7-18(19)24(31)29-16-11-9-15(27)10-12-16/h9-14,17H,1-8H2,(H,29,31)(H,30,32). The van der Waals surface area contributed by atoms with E-state index in [2.05, 4.69) is 10.6 Å². The van der Waals surface area contributed by atoms with Gasteiger partial charge in [-0.3, -0.25) is 9.59 Å². The van der Waals surface area contributed by atoms with Crippen LogP contribution in [-0.4, -0.2) is 17.9 Å². The number of carbonyl (C=O) groups excluding carboxylic acids is 2. The van der Waals surface area contributed by atoms with Gasteiger partial charge in [0.15, 0.2) is 0 Å². The summed E-state index contributed by atoms with van der Waals surface area (Å²) in [5.74, 6) is -1.72. The van der Waals surface area contributed by atoms with Gasteiger partial charge in [-0.05, 0) is 81.7 Å². The molecule has 0 spiro atoms. The molecule has 5 nitrogen and oxygen atoms in total. The number of halogens is 3. The summed E-state index contributed by atoms with van der Waals surface area (Å²) in [6.45, 7) is 0. The second-order valence-corrected chi connectivity index (χ2v) is 8.77. The van der Waals surface area contributed by atoms with Gasteiger partial charge in [0.1, 0.15) is 17.4 Å². The highest BCUT2D eigenvalue weighted by atomic mass is 35.5. The van der Waals surface area contributed by atoms with Crippen LogP contribution in [0.1, 0.15) is 51.4 Å². The van der Waals surface area contributed by atoms with Crippen LogP contribution < -0.4 is 15.4 Å². The fraction of sp³-hybridized carbons (Fsp3) is 0.360. The number of hydrogen-bond acceptors (Lipinski definition) is 3. The molecular weight excluding hydrogens is 450 g/mol. The maximum absolute atomic E-state index is 14.6. The fourth-order valence-corrected chi connectivity index (χ4v) is 4.44. The number of nitrogens with one attached hydrogen (secondary N) is 2. The molecule has 4 rings (SSSR count). The zero-order chi connectivity index (χ0) is 23.4. The molecule has 0 heterocycles. The van der Waals surface area contributed by atoms with Crippen LogP contribution in [0.3, 0.4) is 0 Å². The Kier molecular flexibility index (Phi) is 7.28. The molecule has 174 valence electrons. The maximum atomic E-state index is 14.6. The third kappa shape index (κ3) is 5.71. The van der Waals surface area contributed by atoms with E-state index >= 15 is 0 Å². The minimum absolute atomic E-state index is 0.0272. The number of ether oxygens (including phenoxy) is 1. The molecule has 33 heavy (non-hydrogen) atoms. The molecule has 1 fully saturated rings. The molecule has 2 N–H and O–H groups in total. The number of rotatable bonds is 6. The lowest BCUT2D eigenvalue weighted by Gasteiger charge is -2.20. The van der Waals surface area contributed by atoms with E-state index in [1.54, 1.807) is 0 Å². The minimum atomic E-state index is -0.680. The lowest BCUT2D eigenvalue weighted by atomic mass is 9.90. The average molecular weight is 475 g/mol. The van der Waals surface area contributed by atoms with Crippen molar-refractivity contribution >= 4 is 34.8 Å². The number of hydrogen-bond donors (Lipinski definition) is 2. The van der Waals surface area contributed by atoms with Crippen molar-refractivity contribution in [1.82, 2.24) is 0 Å². The van der Waals surface area contributed by atoms with E-state index < -0.39 is 23.4 Å². The lowest BCUT2D eigenvalue weighted by molar-refractivity contribution is -0.115. The van der Waals surface area contributed by atoms with Crippen LogP contribution in [0.5, 0.6) is 5.75 Å². The van der Waals surface area contributed by atoms with Gasteiger partial charge < -0.3 is 15.4 Å². The Hall–Kier alpha value is -2.93. The van der Waals surface area contributed by atoms with Crippen molar-refractivity contribution in [2.24, 2.45) is 0 Å². The van der Waals surface area contributed by atoms with Gasteiger partial charge >= 0.3 is 0 Å². The molecule has 0 saturated heterocycles. The molecule has 8 heteroatoms. The molecule has 0 aromatic heterocycles. The predicted molar refractivity (Wildman–Crippen MR) is 123 cm³/mol. The van der Waals surface area contributed by atoms with Gasteiger partial charge in [0.05, 0.1) is 16.8 Å². The number of carbonyl (C=O) groups is 2. The van der Waals surface area contributed by atoms with Gasteiger partial charge in [0.2, 0.25) is 0 Å². The van der Waals surface area contributed by atoms with Crippen LogP contribution in [0.15, 0.2) is 47.5 Å². The zero-order valence-corrected chi connectivity index (χ0v) is 18.8. The molecule has 1 saturated carbocycles. The van der Waals surface area contributed by atoms with Gasteiger partial charge in [-0.15, -0.1) is 0 Å². The van der Waals surface area contributed by atoms with E-state index in [1.807, 2.05) is 0 Å². The first-order chi connectivity index (χ1) is 15.9. The van der Waals surface area contributed by atoms with Gasteiger partial charge in [0, 0.05) is 22.9 Å². The van der Waals surface area contributed by atoms with Gasteiger partial charge in [-0.25, -0.2) is 8.78 Å². The normalized spacial score (nSPS) is 16.6. The number of anilines is 2. The Morgan fingerprint density at radius 2 is 1.48 bits per heavy atom. The van der Waals surface area contributed by atoms with Crippen LogP contribution in [0, 0.1) is 11.6 Å². The summed E-state index contributed by atoms with van der Waals surface area (Å²) in [7, 11) is 0.